The molecule has 0 unspecified atom stereocenters. The van der Waals surface area contributed by atoms with Crippen molar-refractivity contribution in [2.24, 2.45) is 0 Å². The number of amides is 1. The van der Waals surface area contributed by atoms with Crippen molar-refractivity contribution >= 4 is 29.3 Å². The van der Waals surface area contributed by atoms with Gasteiger partial charge >= 0.3 is 0 Å². The highest BCUT2D eigenvalue weighted by Gasteiger charge is 2.25. The van der Waals surface area contributed by atoms with Gasteiger partial charge in [-0.05, 0) is 36.8 Å². The first-order valence-electron chi connectivity index (χ1n) is 8.59. The molecule has 0 N–H and O–H groups in total. The number of rotatable bonds is 5. The summed E-state index contributed by atoms with van der Waals surface area (Å²) >= 11 is 7.51. The molecule has 1 heterocycles. The molecule has 1 saturated heterocycles. The number of benzene rings is 2. The summed E-state index contributed by atoms with van der Waals surface area (Å²) < 4.78 is 0. The summed E-state index contributed by atoms with van der Waals surface area (Å²) in [4.78, 5) is 18.2. The highest BCUT2D eigenvalue weighted by Crippen LogP contribution is 2.26. The number of thioether (sulfide) groups is 1. The van der Waals surface area contributed by atoms with Gasteiger partial charge < -0.3 is 4.90 Å². The summed E-state index contributed by atoms with van der Waals surface area (Å²) in [5.74, 6) is 0.222. The molecule has 0 spiro atoms. The zero-order chi connectivity index (χ0) is 17.6. The van der Waals surface area contributed by atoms with Crippen molar-refractivity contribution in [3.05, 3.63) is 65.2 Å². The van der Waals surface area contributed by atoms with Crippen LogP contribution in [0.4, 0.5) is 0 Å². The van der Waals surface area contributed by atoms with Crippen LogP contribution in [0.15, 0.2) is 59.5 Å². The van der Waals surface area contributed by atoms with Crippen LogP contribution in [0, 0.1) is 0 Å². The van der Waals surface area contributed by atoms with Gasteiger partial charge in [-0.1, -0.05) is 41.9 Å². The molecule has 0 aliphatic carbocycles. The molecule has 3 rings (SSSR count). The third-order valence-electron chi connectivity index (χ3n) is 4.41. The second-order valence-electron chi connectivity index (χ2n) is 6.30. The van der Waals surface area contributed by atoms with Crippen LogP contribution in [0.3, 0.4) is 0 Å². The van der Waals surface area contributed by atoms with Crippen molar-refractivity contribution < 1.29 is 4.79 Å². The summed E-state index contributed by atoms with van der Waals surface area (Å²) in [5, 5.41) is 0.639. The predicted molar refractivity (Wildman–Crippen MR) is 105 cm³/mol. The van der Waals surface area contributed by atoms with Gasteiger partial charge in [0.1, 0.15) is 0 Å². The molecule has 0 saturated carbocycles. The molecule has 1 amide bonds. The van der Waals surface area contributed by atoms with Crippen LogP contribution in [0.1, 0.15) is 12.5 Å². The van der Waals surface area contributed by atoms with E-state index in [2.05, 4.69) is 29.2 Å². The molecular formula is C20H23ClN2OS. The standard InChI is InChI=1S/C20H23ClN2OS/c1-16(25-19-9-7-18(21)8-10-19)20(24)23-13-11-22(12-14-23)15-17-5-3-2-4-6-17/h2-10,16H,11-15H2,1H3/t16-/m0/s1. The molecule has 1 aliphatic heterocycles. The molecule has 1 aliphatic rings. The summed E-state index contributed by atoms with van der Waals surface area (Å²) in [7, 11) is 0. The first-order valence-corrected chi connectivity index (χ1v) is 9.85. The number of halogens is 1. The first-order chi connectivity index (χ1) is 12.1. The van der Waals surface area contributed by atoms with Crippen LogP contribution in [0.25, 0.3) is 0 Å². The maximum atomic E-state index is 12.7. The van der Waals surface area contributed by atoms with Gasteiger partial charge in [-0.15, -0.1) is 11.8 Å². The van der Waals surface area contributed by atoms with Crippen LogP contribution in [-0.2, 0) is 11.3 Å². The van der Waals surface area contributed by atoms with E-state index in [1.807, 2.05) is 42.2 Å². The van der Waals surface area contributed by atoms with Gasteiger partial charge in [0.05, 0.1) is 5.25 Å². The Morgan fingerprint density at radius 1 is 1.04 bits per heavy atom. The van der Waals surface area contributed by atoms with E-state index in [9.17, 15) is 4.79 Å². The summed E-state index contributed by atoms with van der Waals surface area (Å²) in [6.07, 6.45) is 0. The van der Waals surface area contributed by atoms with E-state index in [1.54, 1.807) is 11.8 Å². The van der Waals surface area contributed by atoms with Crippen molar-refractivity contribution in [3.8, 4) is 0 Å². The molecule has 2 aromatic rings. The Kier molecular flexibility index (Phi) is 6.40. The van der Waals surface area contributed by atoms with Crippen molar-refractivity contribution in [2.45, 2.75) is 23.6 Å². The second-order valence-corrected chi connectivity index (χ2v) is 8.15. The summed E-state index contributed by atoms with van der Waals surface area (Å²) in [5.41, 5.74) is 1.33. The summed E-state index contributed by atoms with van der Waals surface area (Å²) in [6, 6.07) is 18.2. The van der Waals surface area contributed by atoms with Crippen LogP contribution in [0.2, 0.25) is 5.02 Å². The van der Waals surface area contributed by atoms with E-state index in [4.69, 9.17) is 11.6 Å². The van der Waals surface area contributed by atoms with Gasteiger partial charge in [0.2, 0.25) is 5.91 Å². The zero-order valence-corrected chi connectivity index (χ0v) is 16.0. The fourth-order valence-corrected chi connectivity index (χ4v) is 4.07. The van der Waals surface area contributed by atoms with Gasteiger partial charge in [0.15, 0.2) is 0 Å². The SMILES string of the molecule is C[C@H](Sc1ccc(Cl)cc1)C(=O)N1CCN(Cc2ccccc2)CC1. The van der Waals surface area contributed by atoms with E-state index in [0.29, 0.717) is 0 Å². The number of hydrogen-bond acceptors (Lipinski definition) is 3. The lowest BCUT2D eigenvalue weighted by Gasteiger charge is -2.35. The molecule has 132 valence electrons. The normalized spacial score (nSPS) is 16.6. The van der Waals surface area contributed by atoms with E-state index in [1.165, 1.54) is 5.56 Å². The Labute approximate surface area is 159 Å². The van der Waals surface area contributed by atoms with E-state index < -0.39 is 0 Å². The number of carbonyl (C=O) groups excluding carboxylic acids is 1. The number of piperazine rings is 1. The minimum atomic E-state index is -0.0816. The minimum absolute atomic E-state index is 0.0816. The Bertz CT molecular complexity index is 685. The quantitative estimate of drug-likeness (QED) is 0.734. The Balaban J connectivity index is 1.48. The van der Waals surface area contributed by atoms with Crippen molar-refractivity contribution in [1.29, 1.82) is 0 Å². The van der Waals surface area contributed by atoms with Gasteiger partial charge in [0, 0.05) is 42.6 Å². The molecule has 1 fully saturated rings. The van der Waals surface area contributed by atoms with E-state index in [-0.39, 0.29) is 11.2 Å². The fraction of sp³-hybridized carbons (Fsp3) is 0.350. The highest BCUT2D eigenvalue weighted by atomic mass is 35.5. The number of carbonyl (C=O) groups is 1. The molecule has 5 heteroatoms. The van der Waals surface area contributed by atoms with E-state index in [0.717, 1.165) is 42.6 Å². The van der Waals surface area contributed by atoms with Crippen LogP contribution >= 0.6 is 23.4 Å². The lowest BCUT2D eigenvalue weighted by Crippen LogP contribution is -2.50. The minimum Gasteiger partial charge on any atom is -0.339 e. The van der Waals surface area contributed by atoms with Gasteiger partial charge in [-0.3, -0.25) is 9.69 Å². The third-order valence-corrected chi connectivity index (χ3v) is 5.76. The average molecular weight is 375 g/mol. The van der Waals surface area contributed by atoms with Crippen LogP contribution < -0.4 is 0 Å². The molecule has 2 aromatic carbocycles. The molecular weight excluding hydrogens is 352 g/mol. The van der Waals surface area contributed by atoms with Crippen molar-refractivity contribution in [3.63, 3.8) is 0 Å². The zero-order valence-electron chi connectivity index (χ0n) is 14.4. The van der Waals surface area contributed by atoms with Crippen LogP contribution in [0.5, 0.6) is 0 Å². The fourth-order valence-electron chi connectivity index (χ4n) is 2.99. The van der Waals surface area contributed by atoms with Crippen LogP contribution in [-0.4, -0.2) is 47.1 Å². The number of hydrogen-bond donors (Lipinski definition) is 0. The molecule has 0 aromatic heterocycles. The lowest BCUT2D eigenvalue weighted by atomic mass is 10.2. The maximum Gasteiger partial charge on any atom is 0.235 e. The Morgan fingerprint density at radius 3 is 2.32 bits per heavy atom. The summed E-state index contributed by atoms with van der Waals surface area (Å²) in [6.45, 7) is 6.40. The molecule has 0 bridgehead atoms. The Morgan fingerprint density at radius 2 is 1.68 bits per heavy atom. The Hall–Kier alpha value is -1.49. The molecule has 25 heavy (non-hydrogen) atoms. The topological polar surface area (TPSA) is 23.6 Å². The predicted octanol–water partition coefficient (Wildman–Crippen LogP) is 4.17. The van der Waals surface area contributed by atoms with E-state index >= 15 is 0 Å². The monoisotopic (exact) mass is 374 g/mol. The largest absolute Gasteiger partial charge is 0.339 e. The molecule has 1 atom stereocenters. The average Bonchev–Trinajstić information content (AvgIpc) is 2.64. The van der Waals surface area contributed by atoms with Gasteiger partial charge in [0.25, 0.3) is 0 Å². The maximum absolute atomic E-state index is 12.7. The highest BCUT2D eigenvalue weighted by molar-refractivity contribution is 8.00. The molecule has 3 nitrogen and oxygen atoms in total. The van der Waals surface area contributed by atoms with Crippen molar-refractivity contribution in [1.82, 2.24) is 9.80 Å². The smallest absolute Gasteiger partial charge is 0.235 e. The van der Waals surface area contributed by atoms with Gasteiger partial charge in [-0.2, -0.15) is 0 Å². The first kappa shape index (κ1) is 18.3. The van der Waals surface area contributed by atoms with Gasteiger partial charge in [-0.25, -0.2) is 0 Å². The molecule has 0 radical (unpaired) electrons. The van der Waals surface area contributed by atoms with Crippen molar-refractivity contribution in [2.75, 3.05) is 26.2 Å². The lowest BCUT2D eigenvalue weighted by molar-refractivity contribution is -0.132. The number of nitrogens with zero attached hydrogens (tertiary/aromatic N) is 2. The third kappa shape index (κ3) is 5.24. The second kappa shape index (κ2) is 8.75.